The minimum Gasteiger partial charge on any atom is -0.380 e. The van der Waals surface area contributed by atoms with Crippen LogP contribution in [0.25, 0.3) is 0 Å². The van der Waals surface area contributed by atoms with Gasteiger partial charge in [-0.15, -0.1) is 0 Å². The molecule has 3 heterocycles. The number of carbonyl (C=O) groups excluding carboxylic acids is 1. The number of anilines is 1. The minimum absolute atomic E-state index is 0.0834. The Kier molecular flexibility index (Phi) is 4.12. The number of aromatic nitrogens is 2. The number of rotatable bonds is 3. The van der Waals surface area contributed by atoms with Crippen LogP contribution < -0.4 is 10.2 Å². The number of hydrogen-bond acceptors (Lipinski definition) is 5. The summed E-state index contributed by atoms with van der Waals surface area (Å²) in [5, 5.41) is 7.46. The molecule has 0 radical (unpaired) electrons. The number of nitrogens with one attached hydrogen (secondary N) is 1. The van der Waals surface area contributed by atoms with Crippen LogP contribution in [0, 0.1) is 0 Å². The summed E-state index contributed by atoms with van der Waals surface area (Å²) in [7, 11) is 3.62. The van der Waals surface area contributed by atoms with Crippen LogP contribution in [-0.4, -0.2) is 72.6 Å². The Labute approximate surface area is 124 Å². The van der Waals surface area contributed by atoms with Gasteiger partial charge in [0.1, 0.15) is 0 Å². The molecule has 3 rings (SSSR count). The summed E-state index contributed by atoms with van der Waals surface area (Å²) in [6.45, 7) is 4.02. The van der Waals surface area contributed by atoms with E-state index in [1.165, 1.54) is 0 Å². The van der Waals surface area contributed by atoms with E-state index in [-0.39, 0.29) is 18.1 Å². The molecule has 2 aliphatic heterocycles. The van der Waals surface area contributed by atoms with E-state index in [4.69, 9.17) is 4.74 Å². The molecule has 1 amide bonds. The first-order chi connectivity index (χ1) is 10.2. The molecule has 1 N–H and O–H groups in total. The zero-order valence-electron chi connectivity index (χ0n) is 12.7. The van der Waals surface area contributed by atoms with Crippen molar-refractivity contribution in [3.8, 4) is 0 Å². The molecule has 0 aliphatic carbocycles. The summed E-state index contributed by atoms with van der Waals surface area (Å²) in [5.74, 6) is 0.209. The fraction of sp³-hybridized carbons (Fsp3) is 0.714. The van der Waals surface area contributed by atoms with Crippen LogP contribution in [0.2, 0.25) is 0 Å². The summed E-state index contributed by atoms with van der Waals surface area (Å²) in [6.07, 6.45) is 4.83. The van der Waals surface area contributed by atoms with E-state index in [1.54, 1.807) is 11.8 Å². The maximum absolute atomic E-state index is 12.5. The van der Waals surface area contributed by atoms with Crippen molar-refractivity contribution in [3.05, 3.63) is 12.4 Å². The Morgan fingerprint density at radius 3 is 2.71 bits per heavy atom. The third-order valence-corrected chi connectivity index (χ3v) is 4.37. The number of ether oxygens (including phenoxy) is 1. The number of hydrogen-bond donors (Lipinski definition) is 1. The molecular weight excluding hydrogens is 270 g/mol. The minimum atomic E-state index is -0.0834. The zero-order chi connectivity index (χ0) is 14.8. The lowest BCUT2D eigenvalue weighted by Gasteiger charge is -2.36. The molecule has 21 heavy (non-hydrogen) atoms. The van der Waals surface area contributed by atoms with Crippen LogP contribution in [0.1, 0.15) is 6.42 Å². The third-order valence-electron chi connectivity index (χ3n) is 4.37. The maximum Gasteiger partial charge on any atom is 0.239 e. The van der Waals surface area contributed by atoms with Gasteiger partial charge in [0.05, 0.1) is 24.0 Å². The van der Waals surface area contributed by atoms with E-state index < -0.39 is 0 Å². The highest BCUT2D eigenvalue weighted by atomic mass is 16.5. The van der Waals surface area contributed by atoms with Crippen molar-refractivity contribution in [2.75, 3.05) is 44.7 Å². The molecule has 0 unspecified atom stereocenters. The van der Waals surface area contributed by atoms with Gasteiger partial charge in [0.2, 0.25) is 5.91 Å². The SMILES string of the molecule is CO[C@@H]1CN[C@H](C(=O)N2CCN(c3cnn(C)c3)CC2)C1. The maximum atomic E-state index is 12.5. The van der Waals surface area contributed by atoms with Gasteiger partial charge in [0.15, 0.2) is 0 Å². The first-order valence-electron chi connectivity index (χ1n) is 7.46. The molecule has 0 bridgehead atoms. The van der Waals surface area contributed by atoms with Crippen LogP contribution >= 0.6 is 0 Å². The normalized spacial score (nSPS) is 26.4. The van der Waals surface area contributed by atoms with Gasteiger partial charge in [-0.1, -0.05) is 0 Å². The summed E-state index contributed by atoms with van der Waals surface area (Å²) in [4.78, 5) is 16.7. The average molecular weight is 293 g/mol. The second kappa shape index (κ2) is 6.03. The van der Waals surface area contributed by atoms with Crippen molar-refractivity contribution in [1.29, 1.82) is 0 Å². The van der Waals surface area contributed by atoms with Crippen molar-refractivity contribution in [2.45, 2.75) is 18.6 Å². The Morgan fingerprint density at radius 2 is 2.14 bits per heavy atom. The van der Waals surface area contributed by atoms with Crippen molar-refractivity contribution < 1.29 is 9.53 Å². The molecule has 1 aromatic rings. The Morgan fingerprint density at radius 1 is 1.38 bits per heavy atom. The molecular formula is C14H23N5O2. The standard InChI is InChI=1S/C14H23N5O2/c1-17-10-11(8-16-17)18-3-5-19(6-4-18)14(20)13-7-12(21-2)9-15-13/h8,10,12-13,15H,3-7,9H2,1-2H3/t12-,13-/m0/s1. The number of amides is 1. The van der Waals surface area contributed by atoms with Crippen LogP contribution in [-0.2, 0) is 16.6 Å². The molecule has 7 heteroatoms. The molecule has 2 saturated heterocycles. The zero-order valence-corrected chi connectivity index (χ0v) is 12.7. The van der Waals surface area contributed by atoms with E-state index in [0.29, 0.717) is 0 Å². The Balaban J connectivity index is 1.52. The molecule has 7 nitrogen and oxygen atoms in total. The number of carbonyl (C=O) groups is 1. The van der Waals surface area contributed by atoms with Crippen molar-refractivity contribution in [3.63, 3.8) is 0 Å². The van der Waals surface area contributed by atoms with Gasteiger partial charge in [-0.3, -0.25) is 9.48 Å². The second-order valence-corrected chi connectivity index (χ2v) is 5.74. The summed E-state index contributed by atoms with van der Waals surface area (Å²) < 4.78 is 7.11. The number of methoxy groups -OCH3 is 1. The second-order valence-electron chi connectivity index (χ2n) is 5.74. The number of piperazine rings is 1. The first-order valence-corrected chi connectivity index (χ1v) is 7.46. The van der Waals surface area contributed by atoms with Gasteiger partial charge in [-0.25, -0.2) is 0 Å². The predicted molar refractivity (Wildman–Crippen MR) is 79.2 cm³/mol. The van der Waals surface area contributed by atoms with E-state index in [9.17, 15) is 4.79 Å². The third kappa shape index (κ3) is 3.03. The lowest BCUT2D eigenvalue weighted by Crippen LogP contribution is -2.53. The predicted octanol–water partition coefficient (Wildman–Crippen LogP) is -0.554. The van der Waals surface area contributed by atoms with Gasteiger partial charge >= 0.3 is 0 Å². The highest BCUT2D eigenvalue weighted by Crippen LogP contribution is 2.17. The van der Waals surface area contributed by atoms with Gasteiger partial charge in [-0.2, -0.15) is 5.10 Å². The lowest BCUT2D eigenvalue weighted by molar-refractivity contribution is -0.133. The van der Waals surface area contributed by atoms with E-state index in [2.05, 4.69) is 15.3 Å². The van der Waals surface area contributed by atoms with Gasteiger partial charge < -0.3 is 19.9 Å². The van der Waals surface area contributed by atoms with Gasteiger partial charge in [0, 0.05) is 53.1 Å². The monoisotopic (exact) mass is 293 g/mol. The fourth-order valence-corrected chi connectivity index (χ4v) is 3.05. The van der Waals surface area contributed by atoms with Gasteiger partial charge in [0.25, 0.3) is 0 Å². The molecule has 1 aromatic heterocycles. The highest BCUT2D eigenvalue weighted by Gasteiger charge is 2.33. The summed E-state index contributed by atoms with van der Waals surface area (Å²) in [5.41, 5.74) is 1.13. The highest BCUT2D eigenvalue weighted by molar-refractivity contribution is 5.82. The van der Waals surface area contributed by atoms with Crippen LogP contribution in [0.15, 0.2) is 12.4 Å². The fourth-order valence-electron chi connectivity index (χ4n) is 3.05. The summed E-state index contributed by atoms with van der Waals surface area (Å²) >= 11 is 0. The van der Waals surface area contributed by atoms with Crippen LogP contribution in [0.4, 0.5) is 5.69 Å². The molecule has 0 aromatic carbocycles. The molecule has 116 valence electrons. The molecule has 2 aliphatic rings. The first kappa shape index (κ1) is 14.3. The van der Waals surface area contributed by atoms with E-state index in [0.717, 1.165) is 44.8 Å². The largest absolute Gasteiger partial charge is 0.380 e. The molecule has 2 fully saturated rings. The number of aryl methyl sites for hydroxylation is 1. The van der Waals surface area contributed by atoms with Crippen molar-refractivity contribution in [2.24, 2.45) is 7.05 Å². The average Bonchev–Trinajstić information content (AvgIpc) is 3.15. The molecule has 0 spiro atoms. The summed E-state index contributed by atoms with van der Waals surface area (Å²) in [6, 6.07) is -0.0834. The van der Waals surface area contributed by atoms with E-state index in [1.807, 2.05) is 24.3 Å². The number of nitrogens with zero attached hydrogens (tertiary/aromatic N) is 4. The molecule has 0 saturated carbocycles. The smallest absolute Gasteiger partial charge is 0.239 e. The quantitative estimate of drug-likeness (QED) is 0.810. The lowest BCUT2D eigenvalue weighted by atomic mass is 10.1. The van der Waals surface area contributed by atoms with Crippen LogP contribution in [0.3, 0.4) is 0 Å². The van der Waals surface area contributed by atoms with E-state index >= 15 is 0 Å². The van der Waals surface area contributed by atoms with Crippen molar-refractivity contribution in [1.82, 2.24) is 20.0 Å². The van der Waals surface area contributed by atoms with Gasteiger partial charge in [-0.05, 0) is 6.42 Å². The Bertz CT molecular complexity index is 495. The Hall–Kier alpha value is -1.60. The van der Waals surface area contributed by atoms with Crippen molar-refractivity contribution >= 4 is 11.6 Å². The molecule has 2 atom stereocenters. The topological polar surface area (TPSA) is 62.6 Å². The van der Waals surface area contributed by atoms with Crippen LogP contribution in [0.5, 0.6) is 0 Å².